The Labute approximate surface area is 131 Å². The van der Waals surface area contributed by atoms with Crippen LogP contribution >= 0.6 is 11.3 Å². The van der Waals surface area contributed by atoms with Crippen LogP contribution in [0.3, 0.4) is 0 Å². The molecule has 0 aliphatic carbocycles. The first-order valence-electron chi connectivity index (χ1n) is 7.72. The first-order chi connectivity index (χ1) is 10.1. The van der Waals surface area contributed by atoms with Crippen molar-refractivity contribution in [3.63, 3.8) is 0 Å². The van der Waals surface area contributed by atoms with Crippen molar-refractivity contribution in [3.8, 4) is 0 Å². The largest absolute Gasteiger partial charge is 0.369 e. The number of anilines is 2. The van der Waals surface area contributed by atoms with Gasteiger partial charge >= 0.3 is 0 Å². The molecule has 0 aliphatic heterocycles. The minimum absolute atomic E-state index is 0.280. The van der Waals surface area contributed by atoms with Gasteiger partial charge in [-0.3, -0.25) is 0 Å². The van der Waals surface area contributed by atoms with Gasteiger partial charge in [-0.25, -0.2) is 4.98 Å². The van der Waals surface area contributed by atoms with Gasteiger partial charge in [-0.15, -0.1) is 11.3 Å². The lowest BCUT2D eigenvalue weighted by atomic mass is 9.87. The Kier molecular flexibility index (Phi) is 5.39. The second-order valence-corrected chi connectivity index (χ2v) is 7.15. The van der Waals surface area contributed by atoms with E-state index in [1.165, 1.54) is 25.7 Å². The summed E-state index contributed by atoms with van der Waals surface area (Å²) in [4.78, 5) is 10.1. The number of thiophene rings is 1. The van der Waals surface area contributed by atoms with Gasteiger partial charge < -0.3 is 10.6 Å². The van der Waals surface area contributed by atoms with Crippen LogP contribution in [0.15, 0.2) is 11.4 Å². The Hall–Kier alpha value is -1.36. The quantitative estimate of drug-likeness (QED) is 0.691. The van der Waals surface area contributed by atoms with Gasteiger partial charge in [0.15, 0.2) is 0 Å². The van der Waals surface area contributed by atoms with E-state index >= 15 is 0 Å². The average Bonchev–Trinajstić information content (AvgIpc) is 2.93. The lowest BCUT2D eigenvalue weighted by Gasteiger charge is -2.25. The molecule has 0 fully saturated rings. The Morgan fingerprint density at radius 1 is 1.24 bits per heavy atom. The molecular weight excluding hydrogens is 280 g/mol. The van der Waals surface area contributed by atoms with E-state index in [0.717, 1.165) is 22.6 Å². The predicted octanol–water partition coefficient (Wildman–Crippen LogP) is 4.75. The molecule has 21 heavy (non-hydrogen) atoms. The highest BCUT2D eigenvalue weighted by Gasteiger charge is 2.18. The molecule has 116 valence electrons. The van der Waals surface area contributed by atoms with Gasteiger partial charge in [-0.1, -0.05) is 40.0 Å². The fraction of sp³-hybridized carbons (Fsp3) is 0.625. The summed E-state index contributed by atoms with van der Waals surface area (Å²) in [6.45, 7) is 7.82. The number of hydrogen-bond donors (Lipinski definition) is 2. The molecule has 0 radical (unpaired) electrons. The smallest absolute Gasteiger partial charge is 0.225 e. The van der Waals surface area contributed by atoms with Gasteiger partial charge in [0.25, 0.3) is 0 Å². The fourth-order valence-electron chi connectivity index (χ4n) is 2.37. The zero-order valence-electron chi connectivity index (χ0n) is 13.5. The molecule has 2 heterocycles. The highest BCUT2D eigenvalue weighted by Crippen LogP contribution is 2.29. The normalized spacial score (nSPS) is 11.8. The van der Waals surface area contributed by atoms with Crippen LogP contribution < -0.4 is 10.6 Å². The lowest BCUT2D eigenvalue weighted by molar-refractivity contribution is 0.342. The molecule has 0 atom stereocenters. The van der Waals surface area contributed by atoms with Crippen LogP contribution in [-0.2, 0) is 0 Å². The highest BCUT2D eigenvalue weighted by molar-refractivity contribution is 7.16. The monoisotopic (exact) mass is 306 g/mol. The van der Waals surface area contributed by atoms with Crippen LogP contribution in [-0.4, -0.2) is 23.6 Å². The maximum Gasteiger partial charge on any atom is 0.225 e. The first-order valence-corrected chi connectivity index (χ1v) is 8.60. The molecule has 2 aromatic heterocycles. The maximum atomic E-state index is 4.56. The summed E-state index contributed by atoms with van der Waals surface area (Å²) in [5, 5.41) is 9.74. The standard InChI is InChI=1S/C16H26N4S/c1-5-6-7-9-16(2,3)11-18-13-12-8-10-21-14(12)20-15(17-4)19-13/h8,10H,5-7,9,11H2,1-4H3,(H2,17,18,19,20). The van der Waals surface area contributed by atoms with E-state index in [9.17, 15) is 0 Å². The molecule has 4 nitrogen and oxygen atoms in total. The number of hydrogen-bond acceptors (Lipinski definition) is 5. The molecule has 5 heteroatoms. The summed E-state index contributed by atoms with van der Waals surface area (Å²) in [6, 6.07) is 2.09. The Balaban J connectivity index is 2.07. The number of aromatic nitrogens is 2. The molecule has 0 aliphatic rings. The molecular formula is C16H26N4S. The van der Waals surface area contributed by atoms with Gasteiger partial charge in [0.1, 0.15) is 10.6 Å². The van der Waals surface area contributed by atoms with E-state index in [2.05, 4.69) is 52.8 Å². The van der Waals surface area contributed by atoms with Gasteiger partial charge in [-0.05, 0) is 23.3 Å². The van der Waals surface area contributed by atoms with Crippen LogP contribution in [0.4, 0.5) is 11.8 Å². The Morgan fingerprint density at radius 3 is 2.76 bits per heavy atom. The van der Waals surface area contributed by atoms with Crippen LogP contribution in [0.5, 0.6) is 0 Å². The molecule has 0 saturated heterocycles. The number of fused-ring (bicyclic) bond motifs is 1. The predicted molar refractivity (Wildman–Crippen MR) is 93.4 cm³/mol. The number of nitrogens with zero attached hydrogens (tertiary/aromatic N) is 2. The zero-order valence-corrected chi connectivity index (χ0v) is 14.3. The van der Waals surface area contributed by atoms with Crippen molar-refractivity contribution in [3.05, 3.63) is 11.4 Å². The first kappa shape index (κ1) is 16.0. The highest BCUT2D eigenvalue weighted by atomic mass is 32.1. The summed E-state index contributed by atoms with van der Waals surface area (Å²) >= 11 is 1.65. The number of nitrogens with one attached hydrogen (secondary N) is 2. The topological polar surface area (TPSA) is 49.8 Å². The summed E-state index contributed by atoms with van der Waals surface area (Å²) < 4.78 is 0. The maximum absolute atomic E-state index is 4.56. The van der Waals surface area contributed by atoms with Gasteiger partial charge in [0.2, 0.25) is 5.95 Å². The molecule has 0 amide bonds. The molecule has 0 bridgehead atoms. The Morgan fingerprint density at radius 2 is 2.05 bits per heavy atom. The van der Waals surface area contributed by atoms with Crippen molar-refractivity contribution in [2.45, 2.75) is 46.5 Å². The Bertz CT molecular complexity index is 577. The van der Waals surface area contributed by atoms with Gasteiger partial charge in [0.05, 0.1) is 5.39 Å². The molecule has 0 spiro atoms. The molecule has 0 saturated carbocycles. The SMILES string of the molecule is CCCCCC(C)(C)CNc1nc(NC)nc2sccc12. The summed E-state index contributed by atoms with van der Waals surface area (Å²) in [5.41, 5.74) is 0.280. The average molecular weight is 306 g/mol. The van der Waals surface area contributed by atoms with Crippen LogP contribution in [0.2, 0.25) is 0 Å². The summed E-state index contributed by atoms with van der Waals surface area (Å²) in [5.74, 6) is 1.62. The van der Waals surface area contributed by atoms with Crippen molar-refractivity contribution in [2.75, 3.05) is 24.2 Å². The van der Waals surface area contributed by atoms with Crippen LogP contribution in [0.25, 0.3) is 10.2 Å². The van der Waals surface area contributed by atoms with Crippen molar-refractivity contribution in [1.82, 2.24) is 9.97 Å². The fourth-order valence-corrected chi connectivity index (χ4v) is 3.13. The third-order valence-electron chi connectivity index (χ3n) is 3.74. The van der Waals surface area contributed by atoms with Gasteiger partial charge in [-0.2, -0.15) is 4.98 Å². The lowest BCUT2D eigenvalue weighted by Crippen LogP contribution is -2.23. The zero-order chi connectivity index (χ0) is 15.3. The number of unbranched alkanes of at least 4 members (excludes halogenated alkanes) is 2. The van der Waals surface area contributed by atoms with E-state index in [-0.39, 0.29) is 5.41 Å². The van der Waals surface area contributed by atoms with E-state index in [1.807, 2.05) is 7.05 Å². The molecule has 0 aromatic carbocycles. The summed E-state index contributed by atoms with van der Waals surface area (Å²) in [7, 11) is 1.85. The summed E-state index contributed by atoms with van der Waals surface area (Å²) in [6.07, 6.45) is 5.13. The minimum Gasteiger partial charge on any atom is -0.369 e. The van der Waals surface area contributed by atoms with Crippen molar-refractivity contribution in [1.29, 1.82) is 0 Å². The van der Waals surface area contributed by atoms with E-state index < -0.39 is 0 Å². The van der Waals surface area contributed by atoms with Gasteiger partial charge in [0, 0.05) is 13.6 Å². The minimum atomic E-state index is 0.280. The third kappa shape index (κ3) is 4.30. The van der Waals surface area contributed by atoms with Crippen molar-refractivity contribution >= 4 is 33.3 Å². The third-order valence-corrected chi connectivity index (χ3v) is 4.55. The van der Waals surface area contributed by atoms with Crippen molar-refractivity contribution < 1.29 is 0 Å². The van der Waals surface area contributed by atoms with Crippen molar-refractivity contribution in [2.24, 2.45) is 5.41 Å². The van der Waals surface area contributed by atoms with E-state index in [1.54, 1.807) is 11.3 Å². The molecule has 0 unspecified atom stereocenters. The van der Waals surface area contributed by atoms with Crippen LogP contribution in [0.1, 0.15) is 46.5 Å². The second-order valence-electron chi connectivity index (χ2n) is 6.26. The van der Waals surface area contributed by atoms with Crippen LogP contribution in [0, 0.1) is 5.41 Å². The van der Waals surface area contributed by atoms with E-state index in [0.29, 0.717) is 5.95 Å². The number of rotatable bonds is 8. The second kappa shape index (κ2) is 7.07. The van der Waals surface area contributed by atoms with E-state index in [4.69, 9.17) is 0 Å². The molecule has 2 rings (SSSR count). The molecule has 2 aromatic rings. The molecule has 2 N–H and O–H groups in total.